The van der Waals surface area contributed by atoms with Gasteiger partial charge in [-0.2, -0.15) is 0 Å². The maximum atomic E-state index is 11.9. The van der Waals surface area contributed by atoms with Crippen LogP contribution in [0.1, 0.15) is 26.0 Å². The van der Waals surface area contributed by atoms with Crippen LogP contribution in [0.4, 0.5) is 10.5 Å². The smallest absolute Gasteiger partial charge is 0.319 e. The molecule has 1 heterocycles. The van der Waals surface area contributed by atoms with E-state index in [-0.39, 0.29) is 18.1 Å². The number of hydrogen-bond acceptors (Lipinski definition) is 4. The van der Waals surface area contributed by atoms with Gasteiger partial charge >= 0.3 is 6.03 Å². The number of nitrogens with one attached hydrogen (secondary N) is 2. The first-order chi connectivity index (χ1) is 10.9. The Bertz CT molecular complexity index is 650. The van der Waals surface area contributed by atoms with Gasteiger partial charge in [0, 0.05) is 35.5 Å². The molecule has 5 nitrogen and oxygen atoms in total. The third-order valence-corrected chi connectivity index (χ3v) is 4.53. The zero-order chi connectivity index (χ0) is 16.9. The topological polar surface area (TPSA) is 74.2 Å². The molecule has 0 bridgehead atoms. The number of urea groups is 1. The van der Waals surface area contributed by atoms with Crippen LogP contribution in [-0.2, 0) is 0 Å². The molecule has 1 aromatic heterocycles. The Labute approximate surface area is 140 Å². The second-order valence-corrected chi connectivity index (χ2v) is 7.17. The van der Waals surface area contributed by atoms with Crippen LogP contribution in [0.3, 0.4) is 0 Å². The van der Waals surface area contributed by atoms with Crippen LogP contribution in [0.5, 0.6) is 0 Å². The maximum Gasteiger partial charge on any atom is 0.319 e. The summed E-state index contributed by atoms with van der Waals surface area (Å²) in [5, 5.41) is 17.6. The van der Waals surface area contributed by atoms with E-state index in [4.69, 9.17) is 5.11 Å². The number of nitrogens with zero attached hydrogens (tertiary/aromatic N) is 1. The molecule has 0 aliphatic rings. The number of aromatic nitrogens is 1. The number of amides is 2. The highest BCUT2D eigenvalue weighted by molar-refractivity contribution is 7.13. The van der Waals surface area contributed by atoms with Crippen molar-refractivity contribution in [2.75, 3.05) is 18.5 Å². The minimum Gasteiger partial charge on any atom is -0.396 e. The first-order valence-corrected chi connectivity index (χ1v) is 8.46. The molecule has 0 saturated carbocycles. The minimum absolute atomic E-state index is 0.119. The number of benzene rings is 1. The third kappa shape index (κ3) is 5.33. The van der Waals surface area contributed by atoms with Crippen LogP contribution in [0.2, 0.25) is 0 Å². The van der Waals surface area contributed by atoms with Crippen molar-refractivity contribution in [3.63, 3.8) is 0 Å². The summed E-state index contributed by atoms with van der Waals surface area (Å²) in [6.45, 7) is 6.62. The van der Waals surface area contributed by atoms with E-state index in [9.17, 15) is 4.79 Å². The molecule has 0 radical (unpaired) electrons. The normalized spacial score (nSPS) is 11.3. The molecule has 0 atom stereocenters. The number of carbonyl (C=O) groups is 1. The molecular formula is C17H23N3O2S. The summed E-state index contributed by atoms with van der Waals surface area (Å²) < 4.78 is 0. The molecule has 0 saturated heterocycles. The molecule has 0 aliphatic heterocycles. The lowest BCUT2D eigenvalue weighted by atomic mass is 9.90. The van der Waals surface area contributed by atoms with Crippen molar-refractivity contribution in [2.24, 2.45) is 5.41 Å². The van der Waals surface area contributed by atoms with E-state index in [1.165, 1.54) is 0 Å². The monoisotopic (exact) mass is 333 g/mol. The van der Waals surface area contributed by atoms with Gasteiger partial charge in [0.15, 0.2) is 0 Å². The maximum absolute atomic E-state index is 11.9. The Morgan fingerprint density at radius 1 is 1.30 bits per heavy atom. The van der Waals surface area contributed by atoms with Gasteiger partial charge in [0.25, 0.3) is 0 Å². The lowest BCUT2D eigenvalue weighted by molar-refractivity contribution is 0.204. The summed E-state index contributed by atoms with van der Waals surface area (Å²) in [5.74, 6) is 0. The molecule has 2 amide bonds. The van der Waals surface area contributed by atoms with Gasteiger partial charge in [-0.1, -0.05) is 13.8 Å². The quantitative estimate of drug-likeness (QED) is 0.755. The average molecular weight is 333 g/mol. The largest absolute Gasteiger partial charge is 0.396 e. The van der Waals surface area contributed by atoms with Crippen molar-refractivity contribution in [1.82, 2.24) is 10.3 Å². The van der Waals surface area contributed by atoms with Crippen molar-refractivity contribution in [1.29, 1.82) is 0 Å². The Morgan fingerprint density at radius 3 is 2.57 bits per heavy atom. The number of aliphatic hydroxyl groups excluding tert-OH is 1. The summed E-state index contributed by atoms with van der Waals surface area (Å²) in [6, 6.07) is 7.39. The van der Waals surface area contributed by atoms with E-state index in [0.717, 1.165) is 22.0 Å². The van der Waals surface area contributed by atoms with Crippen molar-refractivity contribution >= 4 is 23.1 Å². The fourth-order valence-electron chi connectivity index (χ4n) is 2.07. The molecule has 2 aromatic rings. The molecule has 0 aliphatic carbocycles. The second-order valence-electron chi connectivity index (χ2n) is 6.32. The van der Waals surface area contributed by atoms with Gasteiger partial charge in [-0.15, -0.1) is 11.3 Å². The first kappa shape index (κ1) is 17.4. The number of thiazole rings is 1. The van der Waals surface area contributed by atoms with Crippen molar-refractivity contribution in [3.05, 3.63) is 35.3 Å². The lowest BCUT2D eigenvalue weighted by Gasteiger charge is -2.23. The molecule has 23 heavy (non-hydrogen) atoms. The Balaban J connectivity index is 1.89. The molecular weight excluding hydrogens is 310 g/mol. The number of aryl methyl sites for hydroxylation is 1. The van der Waals surface area contributed by atoms with Crippen LogP contribution in [0.15, 0.2) is 29.6 Å². The standard InChI is InChI=1S/C17H23N3O2S/c1-12-10-23-15(19-12)13-4-6-14(7-5-13)20-16(22)18-11-17(2,3)8-9-21/h4-7,10,21H,8-9,11H2,1-3H3,(H2,18,20,22). The summed E-state index contributed by atoms with van der Waals surface area (Å²) in [7, 11) is 0. The SMILES string of the molecule is Cc1csc(-c2ccc(NC(=O)NCC(C)(C)CCO)cc2)n1. The van der Waals surface area contributed by atoms with Gasteiger partial charge in [-0.3, -0.25) is 0 Å². The van der Waals surface area contributed by atoms with E-state index in [2.05, 4.69) is 15.6 Å². The van der Waals surface area contributed by atoms with E-state index >= 15 is 0 Å². The number of aliphatic hydroxyl groups is 1. The predicted molar refractivity (Wildman–Crippen MR) is 94.8 cm³/mol. The van der Waals surface area contributed by atoms with Gasteiger partial charge in [-0.25, -0.2) is 9.78 Å². The van der Waals surface area contributed by atoms with Gasteiger partial charge in [0.1, 0.15) is 5.01 Å². The lowest BCUT2D eigenvalue weighted by Crippen LogP contribution is -2.37. The number of carbonyl (C=O) groups excluding carboxylic acids is 1. The van der Waals surface area contributed by atoms with Crippen molar-refractivity contribution in [2.45, 2.75) is 27.2 Å². The summed E-state index contributed by atoms with van der Waals surface area (Å²) in [4.78, 5) is 16.4. The van der Waals surface area contributed by atoms with E-state index in [1.54, 1.807) is 11.3 Å². The zero-order valence-electron chi connectivity index (χ0n) is 13.7. The summed E-state index contributed by atoms with van der Waals surface area (Å²) in [6.07, 6.45) is 0.648. The fraction of sp³-hybridized carbons (Fsp3) is 0.412. The molecule has 0 spiro atoms. The average Bonchev–Trinajstić information content (AvgIpc) is 2.93. The highest BCUT2D eigenvalue weighted by atomic mass is 32.1. The van der Waals surface area contributed by atoms with Gasteiger partial charge in [0.2, 0.25) is 0 Å². The Hall–Kier alpha value is -1.92. The summed E-state index contributed by atoms with van der Waals surface area (Å²) >= 11 is 1.61. The van der Waals surface area contributed by atoms with Crippen LogP contribution >= 0.6 is 11.3 Å². The van der Waals surface area contributed by atoms with Gasteiger partial charge in [0.05, 0.1) is 0 Å². The minimum atomic E-state index is -0.242. The zero-order valence-corrected chi connectivity index (χ0v) is 14.5. The number of anilines is 1. The van der Waals surface area contributed by atoms with Crippen LogP contribution in [0.25, 0.3) is 10.6 Å². The highest BCUT2D eigenvalue weighted by Crippen LogP contribution is 2.24. The molecule has 0 unspecified atom stereocenters. The number of rotatable bonds is 6. The molecule has 0 fully saturated rings. The van der Waals surface area contributed by atoms with Gasteiger partial charge < -0.3 is 15.7 Å². The third-order valence-electron chi connectivity index (χ3n) is 3.52. The molecule has 124 valence electrons. The molecule has 1 aromatic carbocycles. The predicted octanol–water partition coefficient (Wildman–Crippen LogP) is 3.65. The molecule has 3 N–H and O–H groups in total. The van der Waals surface area contributed by atoms with Gasteiger partial charge in [-0.05, 0) is 43.0 Å². The van der Waals surface area contributed by atoms with Crippen LogP contribution in [0, 0.1) is 12.3 Å². The first-order valence-electron chi connectivity index (χ1n) is 7.58. The van der Waals surface area contributed by atoms with E-state index in [0.29, 0.717) is 13.0 Å². The number of hydrogen-bond donors (Lipinski definition) is 3. The Kier molecular flexibility index (Phi) is 5.74. The highest BCUT2D eigenvalue weighted by Gasteiger charge is 2.18. The second kappa shape index (κ2) is 7.57. The van der Waals surface area contributed by atoms with Crippen molar-refractivity contribution < 1.29 is 9.90 Å². The Morgan fingerprint density at radius 2 is 2.00 bits per heavy atom. The van der Waals surface area contributed by atoms with Crippen LogP contribution in [-0.4, -0.2) is 29.3 Å². The summed E-state index contributed by atoms with van der Waals surface area (Å²) in [5.41, 5.74) is 2.66. The molecule has 6 heteroatoms. The van der Waals surface area contributed by atoms with Crippen LogP contribution < -0.4 is 10.6 Å². The fourth-order valence-corrected chi connectivity index (χ4v) is 2.87. The van der Waals surface area contributed by atoms with E-state index in [1.807, 2.05) is 50.4 Å². The van der Waals surface area contributed by atoms with E-state index < -0.39 is 0 Å². The molecule has 2 rings (SSSR count). The van der Waals surface area contributed by atoms with Crippen molar-refractivity contribution in [3.8, 4) is 10.6 Å².